The lowest BCUT2D eigenvalue weighted by atomic mass is 10.2. The largest absolute Gasteiger partial charge is 0.493 e. The van der Waals surface area contributed by atoms with Gasteiger partial charge in [0.15, 0.2) is 0 Å². The van der Waals surface area contributed by atoms with Crippen molar-refractivity contribution >= 4 is 27.5 Å². The van der Waals surface area contributed by atoms with Crippen LogP contribution < -0.4 is 4.74 Å². The van der Waals surface area contributed by atoms with Crippen LogP contribution in [0.3, 0.4) is 0 Å². The first-order valence-corrected chi connectivity index (χ1v) is 9.19. The molecular weight excluding hydrogens is 346 g/mol. The van der Waals surface area contributed by atoms with Gasteiger partial charge in [0.2, 0.25) is 9.84 Å². The quantitative estimate of drug-likeness (QED) is 0.712. The third-order valence-corrected chi connectivity index (χ3v) is 5.09. The molecule has 6 heteroatoms. The van der Waals surface area contributed by atoms with Gasteiger partial charge in [0.1, 0.15) is 16.7 Å². The maximum Gasteiger partial charge on any atom is 0.216 e. The molecule has 0 aromatic heterocycles. The highest BCUT2D eigenvalue weighted by Crippen LogP contribution is 2.28. The van der Waals surface area contributed by atoms with Gasteiger partial charge in [0.25, 0.3) is 0 Å². The molecule has 0 atom stereocenters. The lowest BCUT2D eigenvalue weighted by molar-refractivity contribution is 0.317. The summed E-state index contributed by atoms with van der Waals surface area (Å²) in [6.07, 6.45) is 2.10. The molecule has 0 aliphatic carbocycles. The maximum atomic E-state index is 12.6. The van der Waals surface area contributed by atoms with E-state index in [1.807, 2.05) is 6.92 Å². The molecule has 0 saturated carbocycles. The highest BCUT2D eigenvalue weighted by atomic mass is 35.5. The summed E-state index contributed by atoms with van der Waals surface area (Å²) in [6, 6.07) is 14.5. The molecule has 124 valence electrons. The van der Waals surface area contributed by atoms with Gasteiger partial charge < -0.3 is 4.74 Å². The van der Waals surface area contributed by atoms with Gasteiger partial charge in [0.05, 0.1) is 11.5 Å². The zero-order valence-corrected chi connectivity index (χ0v) is 14.6. The smallest absolute Gasteiger partial charge is 0.216 e. The van der Waals surface area contributed by atoms with Crippen LogP contribution in [0.4, 0.5) is 0 Å². The molecule has 2 aromatic carbocycles. The van der Waals surface area contributed by atoms with Crippen molar-refractivity contribution in [1.82, 2.24) is 0 Å². The predicted molar refractivity (Wildman–Crippen MR) is 94.5 cm³/mol. The number of allylic oxidation sites excluding steroid dienone is 1. The Morgan fingerprint density at radius 2 is 1.96 bits per heavy atom. The van der Waals surface area contributed by atoms with E-state index in [0.717, 1.165) is 6.42 Å². The summed E-state index contributed by atoms with van der Waals surface area (Å²) in [7, 11) is -3.90. The van der Waals surface area contributed by atoms with Gasteiger partial charge in [-0.05, 0) is 42.8 Å². The first-order chi connectivity index (χ1) is 11.5. The van der Waals surface area contributed by atoms with E-state index >= 15 is 0 Å². The molecule has 0 fully saturated rings. The van der Waals surface area contributed by atoms with Crippen molar-refractivity contribution in [3.05, 3.63) is 64.0 Å². The molecule has 0 amide bonds. The molecule has 4 nitrogen and oxygen atoms in total. The van der Waals surface area contributed by atoms with E-state index < -0.39 is 9.84 Å². The SMILES string of the molecule is CCCOc1ccc(Cl)cc1/C=C(/C#N)S(=O)(=O)c1ccccc1. The minimum absolute atomic E-state index is 0.0656. The highest BCUT2D eigenvalue weighted by Gasteiger charge is 2.21. The van der Waals surface area contributed by atoms with Crippen molar-refractivity contribution in [1.29, 1.82) is 5.26 Å². The monoisotopic (exact) mass is 361 g/mol. The van der Waals surface area contributed by atoms with E-state index in [2.05, 4.69) is 0 Å². The number of benzene rings is 2. The van der Waals surface area contributed by atoms with Crippen LogP contribution in [-0.4, -0.2) is 15.0 Å². The number of hydrogen-bond acceptors (Lipinski definition) is 4. The van der Waals surface area contributed by atoms with Gasteiger partial charge >= 0.3 is 0 Å². The fourth-order valence-electron chi connectivity index (χ4n) is 2.01. The van der Waals surface area contributed by atoms with E-state index in [-0.39, 0.29) is 9.80 Å². The Labute approximate surface area is 146 Å². The van der Waals surface area contributed by atoms with Crippen LogP contribution in [0.25, 0.3) is 6.08 Å². The van der Waals surface area contributed by atoms with E-state index in [1.54, 1.807) is 42.5 Å². The predicted octanol–water partition coefficient (Wildman–Crippen LogP) is 4.47. The zero-order chi connectivity index (χ0) is 17.6. The van der Waals surface area contributed by atoms with E-state index in [1.165, 1.54) is 18.2 Å². The Hall–Kier alpha value is -2.29. The van der Waals surface area contributed by atoms with Crippen LogP contribution >= 0.6 is 11.6 Å². The van der Waals surface area contributed by atoms with Gasteiger partial charge in [-0.1, -0.05) is 36.7 Å². The number of nitrogens with zero attached hydrogens (tertiary/aromatic N) is 1. The number of hydrogen-bond donors (Lipinski definition) is 0. The van der Waals surface area contributed by atoms with Gasteiger partial charge in [-0.25, -0.2) is 8.42 Å². The number of sulfone groups is 1. The minimum Gasteiger partial charge on any atom is -0.493 e. The van der Waals surface area contributed by atoms with Crippen LogP contribution in [-0.2, 0) is 9.84 Å². The second kappa shape index (κ2) is 8.00. The fraction of sp³-hybridized carbons (Fsp3) is 0.167. The van der Waals surface area contributed by atoms with Gasteiger partial charge in [-0.15, -0.1) is 0 Å². The van der Waals surface area contributed by atoms with Gasteiger partial charge in [0, 0.05) is 10.6 Å². The minimum atomic E-state index is -3.90. The topological polar surface area (TPSA) is 67.2 Å². The summed E-state index contributed by atoms with van der Waals surface area (Å²) in [4.78, 5) is -0.298. The van der Waals surface area contributed by atoms with E-state index in [9.17, 15) is 13.7 Å². The summed E-state index contributed by atoms with van der Waals surface area (Å²) in [5.41, 5.74) is 0.451. The van der Waals surface area contributed by atoms with Crippen LogP contribution in [0.15, 0.2) is 58.3 Å². The third kappa shape index (κ3) is 4.16. The lowest BCUT2D eigenvalue weighted by Crippen LogP contribution is -2.04. The molecular formula is C18H16ClNO3S. The third-order valence-electron chi connectivity index (χ3n) is 3.17. The lowest BCUT2D eigenvalue weighted by Gasteiger charge is -2.09. The highest BCUT2D eigenvalue weighted by molar-refractivity contribution is 7.95. The molecule has 0 aliphatic heterocycles. The Bertz CT molecular complexity index is 884. The van der Waals surface area contributed by atoms with E-state index in [0.29, 0.717) is 22.9 Å². The number of halogens is 1. The summed E-state index contributed by atoms with van der Waals surface area (Å²) in [5.74, 6) is 0.484. The molecule has 0 unspecified atom stereocenters. The molecule has 0 heterocycles. The fourth-order valence-corrected chi connectivity index (χ4v) is 3.37. The molecule has 0 spiro atoms. The van der Waals surface area contributed by atoms with Crippen LogP contribution in [0.1, 0.15) is 18.9 Å². The number of ether oxygens (including phenoxy) is 1. The van der Waals surface area contributed by atoms with Crippen LogP contribution in [0, 0.1) is 11.3 Å². The van der Waals surface area contributed by atoms with Crippen LogP contribution in [0.5, 0.6) is 5.75 Å². The normalized spacial score (nSPS) is 11.8. The van der Waals surface area contributed by atoms with Crippen molar-refractivity contribution in [3.63, 3.8) is 0 Å². The average molecular weight is 362 g/mol. The molecule has 2 rings (SSSR count). The van der Waals surface area contributed by atoms with Crippen molar-refractivity contribution in [2.24, 2.45) is 0 Å². The van der Waals surface area contributed by atoms with Gasteiger partial charge in [-0.3, -0.25) is 0 Å². The molecule has 0 aliphatic rings. The maximum absolute atomic E-state index is 12.6. The Morgan fingerprint density at radius 1 is 1.25 bits per heavy atom. The number of nitriles is 1. The van der Waals surface area contributed by atoms with Crippen LogP contribution in [0.2, 0.25) is 5.02 Å². The second-order valence-electron chi connectivity index (χ2n) is 4.97. The zero-order valence-electron chi connectivity index (χ0n) is 13.1. The Morgan fingerprint density at radius 3 is 2.58 bits per heavy atom. The van der Waals surface area contributed by atoms with Crippen molar-refractivity contribution in [3.8, 4) is 11.8 Å². The molecule has 0 bridgehead atoms. The molecule has 0 saturated heterocycles. The van der Waals surface area contributed by atoms with Crippen molar-refractivity contribution < 1.29 is 13.2 Å². The first-order valence-electron chi connectivity index (χ1n) is 7.33. The first kappa shape index (κ1) is 18.1. The molecule has 0 radical (unpaired) electrons. The Balaban J connectivity index is 2.52. The molecule has 0 N–H and O–H groups in total. The number of rotatable bonds is 6. The Kier molecular flexibility index (Phi) is 6.02. The molecule has 2 aromatic rings. The standard InChI is InChI=1S/C18H16ClNO3S/c1-2-10-23-18-9-8-15(19)11-14(18)12-17(13-20)24(21,22)16-6-4-3-5-7-16/h3-9,11-12H,2,10H2,1H3/b17-12-. The van der Waals surface area contributed by atoms with Crippen molar-refractivity contribution in [2.75, 3.05) is 6.61 Å². The van der Waals surface area contributed by atoms with Gasteiger partial charge in [-0.2, -0.15) is 5.26 Å². The summed E-state index contributed by atoms with van der Waals surface area (Å²) < 4.78 is 30.8. The average Bonchev–Trinajstić information content (AvgIpc) is 2.59. The summed E-state index contributed by atoms with van der Waals surface area (Å²) in [6.45, 7) is 2.45. The summed E-state index contributed by atoms with van der Waals surface area (Å²) >= 11 is 5.99. The van der Waals surface area contributed by atoms with Crippen molar-refractivity contribution in [2.45, 2.75) is 18.2 Å². The molecule has 24 heavy (non-hydrogen) atoms. The van der Waals surface area contributed by atoms with E-state index in [4.69, 9.17) is 16.3 Å². The summed E-state index contributed by atoms with van der Waals surface area (Å²) in [5, 5.41) is 9.78. The second-order valence-corrected chi connectivity index (χ2v) is 7.32.